The third-order valence-corrected chi connectivity index (χ3v) is 12.6. The molecule has 0 aromatic heterocycles. The average Bonchev–Trinajstić information content (AvgIpc) is 2.99. The number of hydrogen-bond donors (Lipinski definition) is 3. The normalized spacial score (nSPS) is 23.6. The first-order valence-corrected chi connectivity index (χ1v) is 18.4. The second kappa shape index (κ2) is 14.0. The van der Waals surface area contributed by atoms with Crippen molar-refractivity contribution in [3.05, 3.63) is 53.6 Å². The highest BCUT2D eigenvalue weighted by atomic mass is 32.2. The summed E-state index contributed by atoms with van der Waals surface area (Å²) in [5.41, 5.74) is 8.43. The molecule has 0 spiro atoms. The second-order valence-electron chi connectivity index (χ2n) is 12.5. The van der Waals surface area contributed by atoms with Gasteiger partial charge in [0, 0.05) is 29.1 Å². The van der Waals surface area contributed by atoms with Crippen molar-refractivity contribution in [3.63, 3.8) is 0 Å². The maximum Gasteiger partial charge on any atom is 0.245 e. The van der Waals surface area contributed by atoms with Gasteiger partial charge < -0.3 is 10.6 Å². The zero-order valence-electron chi connectivity index (χ0n) is 25.6. The summed E-state index contributed by atoms with van der Waals surface area (Å²) in [7, 11) is -3.50. The summed E-state index contributed by atoms with van der Waals surface area (Å²) in [6, 6.07) is 14.2. The number of piperidine rings is 1. The van der Waals surface area contributed by atoms with Crippen LogP contribution in [0.25, 0.3) is 0 Å². The van der Waals surface area contributed by atoms with E-state index in [-0.39, 0.29) is 17.0 Å². The lowest BCUT2D eigenvalue weighted by Gasteiger charge is -2.39. The van der Waals surface area contributed by atoms with Crippen LogP contribution in [0.2, 0.25) is 0 Å². The van der Waals surface area contributed by atoms with Crippen LogP contribution in [0.5, 0.6) is 0 Å². The largest absolute Gasteiger partial charge is 0.384 e. The Hall–Kier alpha value is -2.56. The molecule has 1 aliphatic carbocycles. The molecule has 2 aliphatic heterocycles. The molecule has 2 aromatic rings. The molecule has 3 atom stereocenters. The van der Waals surface area contributed by atoms with Crippen molar-refractivity contribution in [3.8, 4) is 0 Å². The number of anilines is 2. The Kier molecular flexibility index (Phi) is 10.4. The van der Waals surface area contributed by atoms with E-state index in [9.17, 15) is 13.2 Å². The number of nitrogens with two attached hydrogens (primary N) is 1. The van der Waals surface area contributed by atoms with Crippen LogP contribution >= 0.6 is 11.8 Å². The number of sulfonamides is 1. The Labute approximate surface area is 261 Å². The lowest BCUT2D eigenvalue weighted by atomic mass is 9.97. The number of nitrogens with zero attached hydrogens (tertiary/aromatic N) is 2. The number of amidine groups is 1. The van der Waals surface area contributed by atoms with E-state index in [1.165, 1.54) is 31.0 Å². The van der Waals surface area contributed by atoms with Crippen molar-refractivity contribution in [2.75, 3.05) is 22.7 Å². The predicted octanol–water partition coefficient (Wildman–Crippen LogP) is 6.66. The SMILES string of the molecule is C[C@@H]1CCC[C@H](C)N1CCCCCN1C(=O)C(c2cccc(C(=N)N)c2)Sc2ccc(NS(=O)(=O)C3CCCCC3)cc21. The van der Waals surface area contributed by atoms with E-state index in [0.29, 0.717) is 42.7 Å². The predicted molar refractivity (Wildman–Crippen MR) is 178 cm³/mol. The molecule has 10 heteroatoms. The van der Waals surface area contributed by atoms with E-state index in [0.717, 1.165) is 61.2 Å². The maximum atomic E-state index is 14.1. The molecular weight excluding hydrogens is 579 g/mol. The standard InChI is InChI=1S/C33H47N5O3S2/c1-23-11-9-12-24(2)37(23)19-7-4-8-20-38-29-22-27(36-43(40,41)28-15-5-3-6-16-28)17-18-30(29)42-31(33(38)39)25-13-10-14-26(21-25)32(34)35/h10,13-14,17-18,21-24,28,31,36H,3-9,11-12,15-16,19-20H2,1-2H3,(H3,34,35)/t23-,24+,31?. The first-order chi connectivity index (χ1) is 20.6. The van der Waals surface area contributed by atoms with E-state index >= 15 is 0 Å². The number of likely N-dealkylation sites (tertiary alicyclic amines) is 1. The van der Waals surface area contributed by atoms with Crippen molar-refractivity contribution < 1.29 is 13.2 Å². The molecular formula is C33H47N5O3S2. The third-order valence-electron chi connectivity index (χ3n) is 9.41. The minimum absolute atomic E-state index is 0.0243. The molecule has 1 amide bonds. The minimum atomic E-state index is -3.50. The van der Waals surface area contributed by atoms with Gasteiger partial charge >= 0.3 is 0 Å². The number of fused-ring (bicyclic) bond motifs is 1. The summed E-state index contributed by atoms with van der Waals surface area (Å²) in [4.78, 5) is 19.5. The zero-order chi connectivity index (χ0) is 30.6. The van der Waals surface area contributed by atoms with Gasteiger partial charge in [-0.3, -0.25) is 19.8 Å². The molecule has 0 radical (unpaired) electrons. The number of nitrogens with one attached hydrogen (secondary N) is 2. The van der Waals surface area contributed by atoms with Gasteiger partial charge in [-0.2, -0.15) is 0 Å². The lowest BCUT2D eigenvalue weighted by molar-refractivity contribution is -0.118. The molecule has 1 saturated heterocycles. The molecule has 2 heterocycles. The highest BCUT2D eigenvalue weighted by Crippen LogP contribution is 2.48. The van der Waals surface area contributed by atoms with E-state index in [1.807, 2.05) is 41.3 Å². The van der Waals surface area contributed by atoms with Crippen molar-refractivity contribution in [1.29, 1.82) is 5.41 Å². The van der Waals surface area contributed by atoms with Gasteiger partial charge in [0.05, 0.1) is 16.6 Å². The van der Waals surface area contributed by atoms with Crippen LogP contribution in [0.3, 0.4) is 0 Å². The van der Waals surface area contributed by atoms with Gasteiger partial charge in [0.1, 0.15) is 11.1 Å². The summed E-state index contributed by atoms with van der Waals surface area (Å²) in [6.45, 7) is 6.31. The number of benzene rings is 2. The second-order valence-corrected chi connectivity index (χ2v) is 15.7. The number of unbranched alkanes of at least 4 members (excludes halogenated alkanes) is 2. The fraction of sp³-hybridized carbons (Fsp3) is 0.576. The quantitative estimate of drug-likeness (QED) is 0.146. The highest BCUT2D eigenvalue weighted by molar-refractivity contribution is 8.00. The topological polar surface area (TPSA) is 120 Å². The molecule has 1 unspecified atom stereocenters. The average molecular weight is 626 g/mol. The van der Waals surface area contributed by atoms with Crippen LogP contribution in [0.4, 0.5) is 11.4 Å². The highest BCUT2D eigenvalue weighted by Gasteiger charge is 2.35. The van der Waals surface area contributed by atoms with Gasteiger partial charge in [0.25, 0.3) is 0 Å². The number of hydrogen-bond acceptors (Lipinski definition) is 6. The Balaban J connectivity index is 1.34. The Bertz CT molecular complexity index is 1400. The number of thioether (sulfide) groups is 1. The molecule has 3 aliphatic rings. The molecule has 234 valence electrons. The summed E-state index contributed by atoms with van der Waals surface area (Å²) in [5, 5.41) is 7.03. The third kappa shape index (κ3) is 7.57. The van der Waals surface area contributed by atoms with Gasteiger partial charge in [-0.05, 0) is 88.7 Å². The van der Waals surface area contributed by atoms with Crippen LogP contribution in [0.15, 0.2) is 47.4 Å². The molecule has 43 heavy (non-hydrogen) atoms. The smallest absolute Gasteiger partial charge is 0.245 e. The maximum absolute atomic E-state index is 14.1. The molecule has 2 aromatic carbocycles. The van der Waals surface area contributed by atoms with E-state index in [1.54, 1.807) is 6.07 Å². The Morgan fingerprint density at radius 2 is 1.67 bits per heavy atom. The lowest BCUT2D eigenvalue weighted by Crippen LogP contribution is -2.44. The summed E-state index contributed by atoms with van der Waals surface area (Å²) < 4.78 is 29.2. The fourth-order valence-electron chi connectivity index (χ4n) is 6.92. The van der Waals surface area contributed by atoms with Gasteiger partial charge in [0.15, 0.2) is 0 Å². The van der Waals surface area contributed by atoms with Gasteiger partial charge in [-0.1, -0.05) is 50.3 Å². The van der Waals surface area contributed by atoms with Crippen molar-refractivity contribution >= 4 is 44.9 Å². The molecule has 4 N–H and O–H groups in total. The zero-order valence-corrected chi connectivity index (χ0v) is 27.2. The Morgan fingerprint density at radius 1 is 0.953 bits per heavy atom. The van der Waals surface area contributed by atoms with E-state index in [2.05, 4.69) is 23.5 Å². The molecule has 2 fully saturated rings. The first-order valence-electron chi connectivity index (χ1n) is 16.0. The van der Waals surface area contributed by atoms with Crippen LogP contribution in [0.1, 0.15) is 101 Å². The number of rotatable bonds is 11. The number of nitrogen functional groups attached to an aromatic ring is 1. The summed E-state index contributed by atoms with van der Waals surface area (Å²) in [6.07, 6.45) is 11.2. The monoisotopic (exact) mass is 625 g/mol. The van der Waals surface area contributed by atoms with Crippen LogP contribution in [-0.4, -0.2) is 55.5 Å². The number of carbonyl (C=O) groups is 1. The number of carbonyl (C=O) groups excluding carboxylic acids is 1. The molecule has 5 rings (SSSR count). The van der Waals surface area contributed by atoms with Gasteiger partial charge in [0.2, 0.25) is 15.9 Å². The fourth-order valence-corrected chi connectivity index (χ4v) is 9.70. The first kappa shape index (κ1) is 31.9. The van der Waals surface area contributed by atoms with Crippen LogP contribution < -0.4 is 15.4 Å². The van der Waals surface area contributed by atoms with Crippen LogP contribution in [0, 0.1) is 5.41 Å². The van der Waals surface area contributed by atoms with E-state index in [4.69, 9.17) is 11.1 Å². The van der Waals surface area contributed by atoms with Gasteiger partial charge in [-0.15, -0.1) is 11.8 Å². The van der Waals surface area contributed by atoms with Crippen LogP contribution in [-0.2, 0) is 14.8 Å². The molecule has 0 bridgehead atoms. The number of amides is 1. The summed E-state index contributed by atoms with van der Waals surface area (Å²) in [5.74, 6) is -0.0524. The van der Waals surface area contributed by atoms with E-state index < -0.39 is 15.3 Å². The van der Waals surface area contributed by atoms with Crippen molar-refractivity contribution in [1.82, 2.24) is 4.90 Å². The van der Waals surface area contributed by atoms with Crippen molar-refractivity contribution in [2.24, 2.45) is 5.73 Å². The summed E-state index contributed by atoms with van der Waals surface area (Å²) >= 11 is 1.47. The molecule has 1 saturated carbocycles. The van der Waals surface area contributed by atoms with Gasteiger partial charge in [-0.25, -0.2) is 8.42 Å². The molecule has 8 nitrogen and oxygen atoms in total. The Morgan fingerprint density at radius 3 is 2.40 bits per heavy atom. The minimum Gasteiger partial charge on any atom is -0.384 e. The van der Waals surface area contributed by atoms with Crippen molar-refractivity contribution in [2.45, 2.75) is 112 Å².